The number of halogens is 1. The van der Waals surface area contributed by atoms with Crippen molar-refractivity contribution in [2.45, 2.75) is 51.2 Å². The van der Waals surface area contributed by atoms with Gasteiger partial charge in [0.05, 0.1) is 11.7 Å². The van der Waals surface area contributed by atoms with E-state index in [9.17, 15) is 5.11 Å². The first kappa shape index (κ1) is 15.0. The fraction of sp³-hybridized carbons (Fsp3) is 0.625. The topological polar surface area (TPSA) is 29.5 Å². The summed E-state index contributed by atoms with van der Waals surface area (Å²) in [5, 5.41) is 9.57. The molecule has 0 spiro atoms. The van der Waals surface area contributed by atoms with E-state index in [4.69, 9.17) is 4.74 Å². The summed E-state index contributed by atoms with van der Waals surface area (Å²) in [5.41, 5.74) is 1.29. The Kier molecular flexibility index (Phi) is 5.04. The molecular weight excluding hydrogens is 304 g/mol. The Morgan fingerprint density at radius 2 is 2.05 bits per heavy atom. The third-order valence-electron chi connectivity index (χ3n) is 3.85. The molecule has 3 heteroatoms. The van der Waals surface area contributed by atoms with Crippen molar-refractivity contribution in [3.05, 3.63) is 34.3 Å². The second-order valence-corrected chi connectivity index (χ2v) is 7.07. The van der Waals surface area contributed by atoms with Crippen molar-refractivity contribution in [2.24, 2.45) is 5.92 Å². The van der Waals surface area contributed by atoms with E-state index in [1.54, 1.807) is 0 Å². The van der Waals surface area contributed by atoms with Crippen LogP contribution in [0, 0.1) is 5.92 Å². The number of ether oxygens (including phenoxy) is 1. The van der Waals surface area contributed by atoms with Gasteiger partial charge >= 0.3 is 0 Å². The normalized spacial score (nSPS) is 23.5. The highest BCUT2D eigenvalue weighted by Crippen LogP contribution is 2.33. The average Bonchev–Trinajstić information content (AvgIpc) is 2.70. The van der Waals surface area contributed by atoms with Gasteiger partial charge in [0.2, 0.25) is 0 Å². The lowest BCUT2D eigenvalue weighted by molar-refractivity contribution is -0.0276. The van der Waals surface area contributed by atoms with Gasteiger partial charge in [-0.2, -0.15) is 0 Å². The highest BCUT2D eigenvalue weighted by molar-refractivity contribution is 9.10. The van der Waals surface area contributed by atoms with Crippen molar-refractivity contribution in [1.29, 1.82) is 0 Å². The number of hydrogen-bond acceptors (Lipinski definition) is 2. The van der Waals surface area contributed by atoms with Gasteiger partial charge in [-0.15, -0.1) is 0 Å². The van der Waals surface area contributed by atoms with E-state index in [0.29, 0.717) is 12.0 Å². The molecule has 0 bridgehead atoms. The Morgan fingerprint density at radius 3 is 2.58 bits per heavy atom. The second kappa shape index (κ2) is 6.38. The van der Waals surface area contributed by atoms with E-state index >= 15 is 0 Å². The minimum atomic E-state index is 0.0162. The summed E-state index contributed by atoms with van der Waals surface area (Å²) in [6, 6.07) is 8.34. The molecule has 0 aliphatic carbocycles. The van der Waals surface area contributed by atoms with Gasteiger partial charge in [0.1, 0.15) is 0 Å². The summed E-state index contributed by atoms with van der Waals surface area (Å²) in [4.78, 5) is 0. The zero-order valence-corrected chi connectivity index (χ0v) is 13.3. The molecule has 1 fully saturated rings. The molecule has 2 atom stereocenters. The summed E-state index contributed by atoms with van der Waals surface area (Å²) < 4.78 is 7.11. The van der Waals surface area contributed by atoms with Crippen LogP contribution in [-0.4, -0.2) is 23.4 Å². The quantitative estimate of drug-likeness (QED) is 0.887. The minimum absolute atomic E-state index is 0.0162. The molecule has 1 saturated heterocycles. The lowest BCUT2D eigenvalue weighted by Crippen LogP contribution is -2.23. The Labute approximate surface area is 124 Å². The summed E-state index contributed by atoms with van der Waals surface area (Å²) in [7, 11) is 0. The standard InChI is InChI=1S/C16H23BrO2/c1-16(2)8-7-15(19-16)10-13(11-18)9-12-3-5-14(17)6-4-12/h3-6,13,15,18H,7-11H2,1-2H3. The maximum absolute atomic E-state index is 9.57. The van der Waals surface area contributed by atoms with Gasteiger partial charge in [-0.25, -0.2) is 0 Å². The molecule has 19 heavy (non-hydrogen) atoms. The van der Waals surface area contributed by atoms with Crippen molar-refractivity contribution in [1.82, 2.24) is 0 Å². The summed E-state index contributed by atoms with van der Waals surface area (Å²) in [6.45, 7) is 4.53. The Bertz CT molecular complexity index is 400. The Balaban J connectivity index is 1.88. The van der Waals surface area contributed by atoms with Crippen LogP contribution in [-0.2, 0) is 11.2 Å². The molecule has 1 heterocycles. The smallest absolute Gasteiger partial charge is 0.0631 e. The van der Waals surface area contributed by atoms with E-state index in [-0.39, 0.29) is 12.2 Å². The first-order valence-electron chi connectivity index (χ1n) is 7.01. The first-order valence-corrected chi connectivity index (χ1v) is 7.81. The van der Waals surface area contributed by atoms with Crippen LogP contribution in [0.3, 0.4) is 0 Å². The van der Waals surface area contributed by atoms with Crippen LogP contribution in [0.15, 0.2) is 28.7 Å². The van der Waals surface area contributed by atoms with E-state index in [1.807, 2.05) is 0 Å². The maximum Gasteiger partial charge on any atom is 0.0631 e. The zero-order valence-electron chi connectivity index (χ0n) is 11.7. The molecule has 1 aromatic carbocycles. The summed E-state index contributed by atoms with van der Waals surface area (Å²) in [5.74, 6) is 0.292. The lowest BCUT2D eigenvalue weighted by Gasteiger charge is -2.22. The van der Waals surface area contributed by atoms with E-state index in [0.717, 1.165) is 30.2 Å². The zero-order chi connectivity index (χ0) is 13.9. The molecule has 1 aliphatic rings. The molecule has 0 amide bonds. The molecule has 2 rings (SSSR count). The fourth-order valence-electron chi connectivity index (χ4n) is 2.79. The molecular formula is C16H23BrO2. The van der Waals surface area contributed by atoms with Crippen molar-refractivity contribution < 1.29 is 9.84 Å². The SMILES string of the molecule is CC1(C)CCC(CC(CO)Cc2ccc(Br)cc2)O1. The molecule has 2 unspecified atom stereocenters. The van der Waals surface area contributed by atoms with Crippen LogP contribution in [0.1, 0.15) is 38.7 Å². The fourth-order valence-corrected chi connectivity index (χ4v) is 3.06. The number of benzene rings is 1. The Hall–Kier alpha value is -0.380. The van der Waals surface area contributed by atoms with Crippen molar-refractivity contribution in [3.8, 4) is 0 Å². The molecule has 1 aliphatic heterocycles. The van der Waals surface area contributed by atoms with Gasteiger partial charge in [-0.3, -0.25) is 0 Å². The Morgan fingerprint density at radius 1 is 1.37 bits per heavy atom. The third kappa shape index (κ3) is 4.59. The van der Waals surface area contributed by atoms with Crippen LogP contribution < -0.4 is 0 Å². The molecule has 0 aromatic heterocycles. The molecule has 0 radical (unpaired) electrons. The van der Waals surface area contributed by atoms with Crippen molar-refractivity contribution >= 4 is 15.9 Å². The largest absolute Gasteiger partial charge is 0.396 e. The highest BCUT2D eigenvalue weighted by atomic mass is 79.9. The maximum atomic E-state index is 9.57. The molecule has 1 aromatic rings. The predicted octanol–water partition coefficient (Wildman–Crippen LogP) is 3.95. The minimum Gasteiger partial charge on any atom is -0.396 e. The van der Waals surface area contributed by atoms with Crippen LogP contribution in [0.25, 0.3) is 0 Å². The van der Waals surface area contributed by atoms with Crippen LogP contribution >= 0.6 is 15.9 Å². The van der Waals surface area contributed by atoms with Gasteiger partial charge in [-0.1, -0.05) is 28.1 Å². The van der Waals surface area contributed by atoms with E-state index in [1.165, 1.54) is 5.56 Å². The second-order valence-electron chi connectivity index (χ2n) is 6.15. The van der Waals surface area contributed by atoms with Gasteiger partial charge < -0.3 is 9.84 Å². The van der Waals surface area contributed by atoms with Gasteiger partial charge in [0.15, 0.2) is 0 Å². The molecule has 1 N–H and O–H groups in total. The summed E-state index contributed by atoms with van der Waals surface area (Å²) in [6.07, 6.45) is 4.42. The third-order valence-corrected chi connectivity index (χ3v) is 4.37. The van der Waals surface area contributed by atoms with Gasteiger partial charge in [-0.05, 0) is 63.1 Å². The van der Waals surface area contributed by atoms with Crippen LogP contribution in [0.5, 0.6) is 0 Å². The number of rotatable bonds is 5. The number of aliphatic hydroxyl groups is 1. The van der Waals surface area contributed by atoms with Crippen molar-refractivity contribution in [2.75, 3.05) is 6.61 Å². The lowest BCUT2D eigenvalue weighted by atomic mass is 9.93. The molecule has 2 nitrogen and oxygen atoms in total. The number of hydrogen-bond donors (Lipinski definition) is 1. The number of aliphatic hydroxyl groups excluding tert-OH is 1. The van der Waals surface area contributed by atoms with Gasteiger partial charge in [0, 0.05) is 11.1 Å². The molecule has 106 valence electrons. The van der Waals surface area contributed by atoms with Gasteiger partial charge in [0.25, 0.3) is 0 Å². The van der Waals surface area contributed by atoms with E-state index in [2.05, 4.69) is 54.0 Å². The van der Waals surface area contributed by atoms with Crippen LogP contribution in [0.2, 0.25) is 0 Å². The van der Waals surface area contributed by atoms with Crippen molar-refractivity contribution in [3.63, 3.8) is 0 Å². The first-order chi connectivity index (χ1) is 8.98. The predicted molar refractivity (Wildman–Crippen MR) is 81.2 cm³/mol. The highest BCUT2D eigenvalue weighted by Gasteiger charge is 2.32. The van der Waals surface area contributed by atoms with E-state index < -0.39 is 0 Å². The van der Waals surface area contributed by atoms with Crippen LogP contribution in [0.4, 0.5) is 0 Å². The summed E-state index contributed by atoms with van der Waals surface area (Å²) >= 11 is 3.44. The average molecular weight is 327 g/mol. The molecule has 0 saturated carbocycles. The monoisotopic (exact) mass is 326 g/mol.